The van der Waals surface area contributed by atoms with Crippen molar-refractivity contribution in [2.24, 2.45) is 0 Å². The molecular formula is C20H13ClFN3O2S. The summed E-state index contributed by atoms with van der Waals surface area (Å²) >= 11 is 7.39. The van der Waals surface area contributed by atoms with Crippen LogP contribution in [0.1, 0.15) is 15.9 Å². The summed E-state index contributed by atoms with van der Waals surface area (Å²) in [5.74, 6) is -0.920. The number of rotatable bonds is 4. The third kappa shape index (κ3) is 3.67. The molecule has 2 aromatic carbocycles. The molecule has 0 aliphatic carbocycles. The summed E-state index contributed by atoms with van der Waals surface area (Å²) in [4.78, 5) is 29.1. The first-order valence-electron chi connectivity index (χ1n) is 8.31. The van der Waals surface area contributed by atoms with Crippen LogP contribution < -0.4 is 10.9 Å². The number of benzene rings is 2. The number of pyridine rings is 1. The Bertz CT molecular complexity index is 1200. The van der Waals surface area contributed by atoms with Crippen LogP contribution in [0.3, 0.4) is 0 Å². The molecule has 140 valence electrons. The van der Waals surface area contributed by atoms with Crippen molar-refractivity contribution in [3.8, 4) is 0 Å². The molecule has 4 rings (SSSR count). The third-order valence-corrected chi connectivity index (χ3v) is 5.46. The van der Waals surface area contributed by atoms with Crippen molar-refractivity contribution in [1.82, 2.24) is 9.55 Å². The Hall–Kier alpha value is -3.03. The summed E-state index contributed by atoms with van der Waals surface area (Å²) < 4.78 is 16.2. The zero-order valence-corrected chi connectivity index (χ0v) is 15.9. The van der Waals surface area contributed by atoms with Gasteiger partial charge in [0.15, 0.2) is 5.13 Å². The Labute approximate surface area is 168 Å². The first kappa shape index (κ1) is 18.3. The molecule has 0 fully saturated rings. The monoisotopic (exact) mass is 413 g/mol. The Kier molecular flexibility index (Phi) is 4.93. The summed E-state index contributed by atoms with van der Waals surface area (Å²) in [6.07, 6.45) is 1.38. The lowest BCUT2D eigenvalue weighted by Gasteiger charge is -2.10. The minimum Gasteiger partial charge on any atom is -0.310 e. The maximum atomic E-state index is 14.0. The molecule has 8 heteroatoms. The van der Waals surface area contributed by atoms with Gasteiger partial charge in [0, 0.05) is 22.8 Å². The molecule has 0 bridgehead atoms. The lowest BCUT2D eigenvalue weighted by molar-refractivity contribution is 0.102. The second-order valence-corrected chi connectivity index (χ2v) is 7.46. The Morgan fingerprint density at radius 1 is 1.14 bits per heavy atom. The number of aromatic nitrogens is 2. The van der Waals surface area contributed by atoms with Crippen LogP contribution in [-0.4, -0.2) is 15.5 Å². The molecule has 0 unspecified atom stereocenters. The van der Waals surface area contributed by atoms with E-state index in [2.05, 4.69) is 10.3 Å². The van der Waals surface area contributed by atoms with Gasteiger partial charge in [0.05, 0.1) is 22.3 Å². The van der Waals surface area contributed by atoms with E-state index in [0.29, 0.717) is 5.13 Å². The lowest BCUT2D eigenvalue weighted by Crippen LogP contribution is -2.23. The molecule has 0 spiro atoms. The van der Waals surface area contributed by atoms with Crippen LogP contribution >= 0.6 is 22.9 Å². The zero-order valence-electron chi connectivity index (χ0n) is 14.4. The fourth-order valence-corrected chi connectivity index (χ4v) is 3.82. The number of hydrogen-bond donors (Lipinski definition) is 1. The summed E-state index contributed by atoms with van der Waals surface area (Å²) in [6.45, 7) is -0.0768. The van der Waals surface area contributed by atoms with E-state index >= 15 is 0 Å². The van der Waals surface area contributed by atoms with Gasteiger partial charge in [-0.3, -0.25) is 14.9 Å². The highest BCUT2D eigenvalue weighted by atomic mass is 35.5. The normalized spacial score (nSPS) is 10.9. The Morgan fingerprint density at radius 2 is 1.96 bits per heavy atom. The first-order chi connectivity index (χ1) is 13.5. The van der Waals surface area contributed by atoms with E-state index in [9.17, 15) is 14.0 Å². The molecule has 2 aromatic heterocycles. The lowest BCUT2D eigenvalue weighted by atomic mass is 10.2. The van der Waals surface area contributed by atoms with E-state index < -0.39 is 11.7 Å². The molecule has 0 atom stereocenters. The van der Waals surface area contributed by atoms with E-state index in [0.717, 1.165) is 10.2 Å². The van der Waals surface area contributed by atoms with E-state index in [-0.39, 0.29) is 28.3 Å². The highest BCUT2D eigenvalue weighted by Gasteiger charge is 2.13. The summed E-state index contributed by atoms with van der Waals surface area (Å²) in [5, 5.41) is 3.41. The third-order valence-electron chi connectivity index (χ3n) is 4.15. The standard InChI is InChI=1S/C20H13ClFN3O2S/c21-14-4-3-5-15(22)13(14)11-25-10-12(8-9-18(25)26)19(27)24-20-23-16-6-1-2-7-17(16)28-20/h1-10H,11H2,(H,23,24,27). The average Bonchev–Trinajstić information content (AvgIpc) is 3.08. The van der Waals surface area contributed by atoms with Crippen molar-refractivity contribution in [1.29, 1.82) is 0 Å². The van der Waals surface area contributed by atoms with Gasteiger partial charge in [-0.1, -0.05) is 41.1 Å². The van der Waals surface area contributed by atoms with Gasteiger partial charge >= 0.3 is 0 Å². The molecule has 2 heterocycles. The van der Waals surface area contributed by atoms with Gasteiger partial charge in [-0.15, -0.1) is 0 Å². The number of fused-ring (bicyclic) bond motifs is 1. The number of amides is 1. The van der Waals surface area contributed by atoms with Crippen LogP contribution in [0.4, 0.5) is 9.52 Å². The van der Waals surface area contributed by atoms with Gasteiger partial charge in [-0.05, 0) is 30.3 Å². The number of anilines is 1. The highest BCUT2D eigenvalue weighted by Crippen LogP contribution is 2.25. The van der Waals surface area contributed by atoms with Crippen LogP contribution in [0.25, 0.3) is 10.2 Å². The van der Waals surface area contributed by atoms with Crippen molar-refractivity contribution in [3.63, 3.8) is 0 Å². The molecule has 5 nitrogen and oxygen atoms in total. The van der Waals surface area contributed by atoms with E-state index in [1.54, 1.807) is 6.07 Å². The summed E-state index contributed by atoms with van der Waals surface area (Å²) in [7, 11) is 0. The number of nitrogens with zero attached hydrogens (tertiary/aromatic N) is 2. The smallest absolute Gasteiger partial charge is 0.258 e. The Morgan fingerprint density at radius 3 is 2.75 bits per heavy atom. The van der Waals surface area contributed by atoms with Gasteiger partial charge in [-0.2, -0.15) is 0 Å². The number of para-hydroxylation sites is 1. The maximum Gasteiger partial charge on any atom is 0.258 e. The minimum atomic E-state index is -0.510. The van der Waals surface area contributed by atoms with E-state index in [1.165, 1.54) is 46.4 Å². The maximum absolute atomic E-state index is 14.0. The zero-order chi connectivity index (χ0) is 19.7. The molecule has 0 aliphatic heterocycles. The molecule has 0 saturated carbocycles. The minimum absolute atomic E-state index is 0.0768. The second-order valence-electron chi connectivity index (χ2n) is 6.02. The van der Waals surface area contributed by atoms with Gasteiger partial charge in [0.25, 0.3) is 11.5 Å². The van der Waals surface area contributed by atoms with Gasteiger partial charge in [-0.25, -0.2) is 9.37 Å². The van der Waals surface area contributed by atoms with Gasteiger partial charge < -0.3 is 4.57 Å². The molecule has 0 saturated heterocycles. The molecular weight excluding hydrogens is 401 g/mol. The average molecular weight is 414 g/mol. The van der Waals surface area contributed by atoms with Crippen molar-refractivity contribution in [2.45, 2.75) is 6.54 Å². The SMILES string of the molecule is O=C(Nc1nc2ccccc2s1)c1ccc(=O)n(Cc2c(F)cccc2Cl)c1. The summed E-state index contributed by atoms with van der Waals surface area (Å²) in [5.41, 5.74) is 0.874. The number of hydrogen-bond acceptors (Lipinski definition) is 4. The number of thiazole rings is 1. The van der Waals surface area contributed by atoms with Crippen LogP contribution in [0.5, 0.6) is 0 Å². The van der Waals surface area contributed by atoms with Crippen molar-refractivity contribution in [3.05, 3.63) is 93.1 Å². The molecule has 0 radical (unpaired) electrons. The van der Waals surface area contributed by atoms with Crippen LogP contribution in [-0.2, 0) is 6.54 Å². The van der Waals surface area contributed by atoms with Crippen LogP contribution in [0.2, 0.25) is 5.02 Å². The number of halogens is 2. The Balaban J connectivity index is 1.60. The molecule has 28 heavy (non-hydrogen) atoms. The van der Waals surface area contributed by atoms with Crippen molar-refractivity contribution < 1.29 is 9.18 Å². The predicted octanol–water partition coefficient (Wildman–Crippen LogP) is 4.55. The largest absolute Gasteiger partial charge is 0.310 e. The topological polar surface area (TPSA) is 64.0 Å². The molecule has 0 aliphatic rings. The first-order valence-corrected chi connectivity index (χ1v) is 9.51. The van der Waals surface area contributed by atoms with Gasteiger partial charge in [0.1, 0.15) is 5.82 Å². The summed E-state index contributed by atoms with van der Waals surface area (Å²) in [6, 6.07) is 14.6. The van der Waals surface area contributed by atoms with E-state index in [1.807, 2.05) is 24.3 Å². The molecule has 1 N–H and O–H groups in total. The van der Waals surface area contributed by atoms with E-state index in [4.69, 9.17) is 11.6 Å². The number of carbonyl (C=O) groups is 1. The fraction of sp³-hybridized carbons (Fsp3) is 0.0500. The van der Waals surface area contributed by atoms with Crippen molar-refractivity contribution >= 4 is 44.2 Å². The molecule has 1 amide bonds. The quantitative estimate of drug-likeness (QED) is 0.533. The number of nitrogens with one attached hydrogen (secondary N) is 1. The van der Waals surface area contributed by atoms with Crippen molar-refractivity contribution in [2.75, 3.05) is 5.32 Å². The highest BCUT2D eigenvalue weighted by molar-refractivity contribution is 7.22. The van der Waals surface area contributed by atoms with Gasteiger partial charge in [0.2, 0.25) is 0 Å². The fourth-order valence-electron chi connectivity index (χ4n) is 2.74. The second kappa shape index (κ2) is 7.53. The van der Waals surface area contributed by atoms with Crippen LogP contribution in [0, 0.1) is 5.82 Å². The van der Waals surface area contributed by atoms with Crippen LogP contribution in [0.15, 0.2) is 65.6 Å². The predicted molar refractivity (Wildman–Crippen MR) is 109 cm³/mol. The molecule has 4 aromatic rings. The number of carbonyl (C=O) groups excluding carboxylic acids is 1.